The fraction of sp³-hybridized carbons (Fsp3) is 0.400. The summed E-state index contributed by atoms with van der Waals surface area (Å²) in [6.45, 7) is 1.19. The molecule has 2 heterocycles. The zero-order valence-electron chi connectivity index (χ0n) is 8.11. The van der Waals surface area contributed by atoms with E-state index in [0.717, 1.165) is 15.6 Å². The third-order valence-electron chi connectivity index (χ3n) is 2.72. The van der Waals surface area contributed by atoms with Gasteiger partial charge in [0.25, 0.3) is 0 Å². The van der Waals surface area contributed by atoms with Crippen molar-refractivity contribution < 1.29 is 14.0 Å². The van der Waals surface area contributed by atoms with Crippen LogP contribution < -0.4 is 10.2 Å². The first-order valence-electron chi connectivity index (χ1n) is 4.99. The van der Waals surface area contributed by atoms with E-state index in [2.05, 4.69) is 28.7 Å². The van der Waals surface area contributed by atoms with Gasteiger partial charge in [-0.3, -0.25) is 0 Å². The highest BCUT2D eigenvalue weighted by molar-refractivity contribution is 14.1. The fourth-order valence-electron chi connectivity index (χ4n) is 2.06. The molecule has 2 aliphatic heterocycles. The fourth-order valence-corrected chi connectivity index (χ4v) is 2.74. The van der Waals surface area contributed by atoms with Gasteiger partial charge >= 0.3 is 7.12 Å². The molecule has 15 heavy (non-hydrogen) atoms. The van der Waals surface area contributed by atoms with E-state index in [0.29, 0.717) is 13.2 Å². The van der Waals surface area contributed by atoms with Crippen LogP contribution in [0.5, 0.6) is 5.75 Å². The molecule has 3 rings (SSSR count). The lowest BCUT2D eigenvalue weighted by molar-refractivity contribution is 0.156. The lowest BCUT2D eigenvalue weighted by Crippen LogP contribution is -2.31. The zero-order valence-corrected chi connectivity index (χ0v) is 10.3. The summed E-state index contributed by atoms with van der Waals surface area (Å²) in [5.74, 6) is 0.919. The van der Waals surface area contributed by atoms with Crippen molar-refractivity contribution in [2.45, 2.75) is 6.10 Å². The highest BCUT2D eigenvalue weighted by Crippen LogP contribution is 2.31. The SMILES string of the molecule is IC[C@H]1OB2OCCOc3cccc1c32. The molecule has 3 nitrogen and oxygen atoms in total. The third kappa shape index (κ3) is 1.57. The molecule has 0 spiro atoms. The van der Waals surface area contributed by atoms with Gasteiger partial charge in [0.15, 0.2) is 0 Å². The number of halogens is 1. The highest BCUT2D eigenvalue weighted by Gasteiger charge is 2.40. The Morgan fingerprint density at radius 2 is 2.33 bits per heavy atom. The number of alkyl halides is 1. The summed E-state index contributed by atoms with van der Waals surface area (Å²) in [7, 11) is -0.224. The van der Waals surface area contributed by atoms with E-state index in [9.17, 15) is 0 Å². The number of hydrogen-bond donors (Lipinski definition) is 0. The average Bonchev–Trinajstić information content (AvgIpc) is 2.50. The minimum atomic E-state index is -0.224. The van der Waals surface area contributed by atoms with E-state index in [-0.39, 0.29) is 13.2 Å². The summed E-state index contributed by atoms with van der Waals surface area (Å²) in [6, 6.07) is 6.10. The van der Waals surface area contributed by atoms with E-state index < -0.39 is 0 Å². The summed E-state index contributed by atoms with van der Waals surface area (Å²) in [5.41, 5.74) is 2.31. The Hall–Kier alpha value is -0.265. The van der Waals surface area contributed by atoms with Crippen LogP contribution >= 0.6 is 22.6 Å². The summed E-state index contributed by atoms with van der Waals surface area (Å²) >= 11 is 2.33. The predicted octanol–water partition coefficient (Wildman–Crippen LogP) is 1.30. The van der Waals surface area contributed by atoms with Crippen molar-refractivity contribution in [1.29, 1.82) is 0 Å². The molecule has 1 atom stereocenters. The van der Waals surface area contributed by atoms with Gasteiger partial charge in [-0.05, 0) is 11.6 Å². The molecule has 0 aliphatic carbocycles. The highest BCUT2D eigenvalue weighted by atomic mass is 127. The third-order valence-corrected chi connectivity index (χ3v) is 3.52. The quantitative estimate of drug-likeness (QED) is 0.444. The number of benzene rings is 1. The summed E-state index contributed by atoms with van der Waals surface area (Å²) in [5, 5.41) is 0. The molecule has 2 aliphatic rings. The van der Waals surface area contributed by atoms with E-state index >= 15 is 0 Å². The first-order valence-corrected chi connectivity index (χ1v) is 6.51. The van der Waals surface area contributed by atoms with Crippen molar-refractivity contribution in [2.24, 2.45) is 0 Å². The summed E-state index contributed by atoms with van der Waals surface area (Å²) in [4.78, 5) is 0. The number of rotatable bonds is 1. The van der Waals surface area contributed by atoms with E-state index in [1.165, 1.54) is 5.56 Å². The Balaban J connectivity index is 2.12. The first kappa shape index (κ1) is 9.93. The molecule has 0 unspecified atom stereocenters. The Labute approximate surface area is 102 Å². The molecule has 0 radical (unpaired) electrons. The number of ether oxygens (including phenoxy) is 1. The van der Waals surface area contributed by atoms with Crippen LogP contribution in [0.3, 0.4) is 0 Å². The van der Waals surface area contributed by atoms with Crippen LogP contribution in [0.4, 0.5) is 0 Å². The Morgan fingerprint density at radius 1 is 1.40 bits per heavy atom. The molecular weight excluding hydrogens is 306 g/mol. The minimum Gasteiger partial charge on any atom is -0.492 e. The van der Waals surface area contributed by atoms with Gasteiger partial charge < -0.3 is 14.0 Å². The van der Waals surface area contributed by atoms with Crippen molar-refractivity contribution in [3.05, 3.63) is 23.8 Å². The van der Waals surface area contributed by atoms with Crippen LogP contribution in [-0.4, -0.2) is 24.8 Å². The molecule has 78 valence electrons. The molecule has 0 saturated carbocycles. The zero-order chi connectivity index (χ0) is 10.3. The lowest BCUT2D eigenvalue weighted by atomic mass is 9.78. The molecule has 0 N–H and O–H groups in total. The molecule has 1 aromatic carbocycles. The lowest BCUT2D eigenvalue weighted by Gasteiger charge is -2.10. The van der Waals surface area contributed by atoms with Crippen molar-refractivity contribution in [3.63, 3.8) is 0 Å². The minimum absolute atomic E-state index is 0.146. The largest absolute Gasteiger partial charge is 0.498 e. The molecular formula is C10H10BIO3. The normalized spacial score (nSPS) is 23.3. The average molecular weight is 316 g/mol. The van der Waals surface area contributed by atoms with Gasteiger partial charge in [0.05, 0.1) is 12.7 Å². The maximum atomic E-state index is 5.83. The Morgan fingerprint density at radius 3 is 3.20 bits per heavy atom. The first-order chi connectivity index (χ1) is 7.40. The molecule has 0 amide bonds. The van der Waals surface area contributed by atoms with Crippen molar-refractivity contribution >= 4 is 35.2 Å². The Bertz CT molecular complexity index is 385. The molecule has 0 fully saturated rings. The van der Waals surface area contributed by atoms with Gasteiger partial charge in [-0.2, -0.15) is 0 Å². The van der Waals surface area contributed by atoms with Crippen molar-refractivity contribution in [2.75, 3.05) is 17.6 Å². The Kier molecular flexibility index (Phi) is 2.62. The van der Waals surface area contributed by atoms with Crippen LogP contribution in [0.25, 0.3) is 0 Å². The van der Waals surface area contributed by atoms with E-state index in [1.54, 1.807) is 0 Å². The topological polar surface area (TPSA) is 27.7 Å². The molecule has 5 heteroatoms. The second-order valence-corrected chi connectivity index (χ2v) is 4.47. The molecule has 0 aromatic heterocycles. The standard InChI is InChI=1S/C10H10BIO3/c12-6-9-7-2-1-3-8-10(7)11(15-9)14-5-4-13-8/h1-3,9H,4-6H2/t9-/m1/s1. The second-order valence-electron chi connectivity index (χ2n) is 3.59. The van der Waals surface area contributed by atoms with E-state index in [1.807, 2.05) is 12.1 Å². The van der Waals surface area contributed by atoms with Gasteiger partial charge in [0.1, 0.15) is 12.4 Å². The summed E-state index contributed by atoms with van der Waals surface area (Å²) < 4.78 is 18.0. The molecule has 1 aromatic rings. The van der Waals surface area contributed by atoms with Crippen LogP contribution in [-0.2, 0) is 9.31 Å². The van der Waals surface area contributed by atoms with Gasteiger partial charge in [0, 0.05) is 9.89 Å². The second kappa shape index (κ2) is 3.95. The smallest absolute Gasteiger partial charge is 0.492 e. The number of hydrogen-bond acceptors (Lipinski definition) is 3. The predicted molar refractivity (Wildman–Crippen MR) is 66.0 cm³/mol. The monoisotopic (exact) mass is 316 g/mol. The maximum Gasteiger partial charge on any atom is 0.498 e. The van der Waals surface area contributed by atoms with Gasteiger partial charge in [-0.1, -0.05) is 34.7 Å². The van der Waals surface area contributed by atoms with Crippen LogP contribution in [0.1, 0.15) is 11.7 Å². The van der Waals surface area contributed by atoms with Crippen molar-refractivity contribution in [3.8, 4) is 5.75 Å². The van der Waals surface area contributed by atoms with Crippen molar-refractivity contribution in [1.82, 2.24) is 0 Å². The van der Waals surface area contributed by atoms with Crippen LogP contribution in [0, 0.1) is 0 Å². The molecule has 0 bridgehead atoms. The summed E-state index contributed by atoms with van der Waals surface area (Å²) in [6.07, 6.45) is 0.146. The van der Waals surface area contributed by atoms with Crippen LogP contribution in [0.15, 0.2) is 18.2 Å². The molecule has 0 saturated heterocycles. The maximum absolute atomic E-state index is 5.83. The van der Waals surface area contributed by atoms with E-state index in [4.69, 9.17) is 14.0 Å². The van der Waals surface area contributed by atoms with Gasteiger partial charge in [-0.25, -0.2) is 0 Å². The van der Waals surface area contributed by atoms with Gasteiger partial charge in [-0.15, -0.1) is 0 Å². The van der Waals surface area contributed by atoms with Crippen LogP contribution in [0.2, 0.25) is 0 Å². The van der Waals surface area contributed by atoms with Gasteiger partial charge in [0.2, 0.25) is 0 Å².